The van der Waals surface area contributed by atoms with Gasteiger partial charge in [-0.2, -0.15) is 0 Å². The summed E-state index contributed by atoms with van der Waals surface area (Å²) < 4.78 is 46.8. The number of benzene rings is 3. The van der Waals surface area contributed by atoms with Crippen LogP contribution in [0.1, 0.15) is 5.56 Å². The summed E-state index contributed by atoms with van der Waals surface area (Å²) in [4.78, 5) is 4.59. The van der Waals surface area contributed by atoms with E-state index >= 15 is 0 Å². The van der Waals surface area contributed by atoms with Gasteiger partial charge in [0.05, 0.1) is 33.8 Å². The average molecular weight is 463 g/mol. The number of hydrogen-bond donors (Lipinski definition) is 1. The van der Waals surface area contributed by atoms with Crippen LogP contribution in [0.5, 0.6) is 5.75 Å². The molecule has 4 aromatic rings. The van der Waals surface area contributed by atoms with Crippen LogP contribution in [0.2, 0.25) is 5.02 Å². The zero-order chi connectivity index (χ0) is 21.3. The van der Waals surface area contributed by atoms with Crippen molar-refractivity contribution < 1.29 is 17.5 Å². The van der Waals surface area contributed by atoms with E-state index in [-0.39, 0.29) is 5.75 Å². The highest BCUT2D eigenvalue weighted by Gasteiger charge is 2.15. The number of methoxy groups -OCH3 is 1. The van der Waals surface area contributed by atoms with Crippen LogP contribution in [0.4, 0.5) is 10.1 Å². The van der Waals surface area contributed by atoms with Crippen molar-refractivity contribution >= 4 is 48.9 Å². The highest BCUT2D eigenvalue weighted by Crippen LogP contribution is 2.37. The number of ether oxygens (including phenoxy) is 1. The smallest absolute Gasteiger partial charge is 0.236 e. The Balaban J connectivity index is 1.57. The van der Waals surface area contributed by atoms with Crippen LogP contribution in [0, 0.1) is 5.82 Å². The average Bonchev–Trinajstić information content (AvgIpc) is 3.10. The van der Waals surface area contributed by atoms with Gasteiger partial charge in [0.2, 0.25) is 10.0 Å². The molecule has 154 valence electrons. The van der Waals surface area contributed by atoms with E-state index in [1.165, 1.54) is 35.6 Å². The first kappa shape index (κ1) is 20.6. The van der Waals surface area contributed by atoms with E-state index in [1.807, 2.05) is 18.2 Å². The Bertz CT molecular complexity index is 1340. The Morgan fingerprint density at radius 3 is 2.70 bits per heavy atom. The van der Waals surface area contributed by atoms with E-state index in [0.717, 1.165) is 21.0 Å². The van der Waals surface area contributed by atoms with E-state index < -0.39 is 15.8 Å². The minimum Gasteiger partial charge on any atom is -0.497 e. The van der Waals surface area contributed by atoms with Gasteiger partial charge >= 0.3 is 0 Å². The van der Waals surface area contributed by atoms with Crippen molar-refractivity contribution in [1.82, 2.24) is 4.98 Å². The predicted octanol–water partition coefficient (Wildman–Crippen LogP) is 5.71. The zero-order valence-corrected chi connectivity index (χ0v) is 18.1. The molecule has 30 heavy (non-hydrogen) atoms. The maximum atomic E-state index is 13.3. The van der Waals surface area contributed by atoms with Crippen molar-refractivity contribution in [3.8, 4) is 16.3 Å². The first-order valence-electron chi connectivity index (χ1n) is 8.82. The standard InChI is InChI=1S/C21H16ClFN2O3S2/c1-28-16-6-8-19-20(11-16)29-21(24-19)17-7-5-15(10-18(17)22)25-30(26,27)12-13-3-2-4-14(23)9-13/h2-11,25H,12H2,1H3. The van der Waals surface area contributed by atoms with Gasteiger partial charge in [0.15, 0.2) is 0 Å². The lowest BCUT2D eigenvalue weighted by molar-refractivity contribution is 0.415. The van der Waals surface area contributed by atoms with Crippen molar-refractivity contribution in [2.24, 2.45) is 0 Å². The second-order valence-corrected chi connectivity index (χ2v) is 9.70. The monoisotopic (exact) mass is 462 g/mol. The lowest BCUT2D eigenvalue weighted by Crippen LogP contribution is -2.15. The van der Waals surface area contributed by atoms with Crippen molar-refractivity contribution in [2.45, 2.75) is 5.75 Å². The third-order valence-corrected chi connectivity index (χ3v) is 6.94. The summed E-state index contributed by atoms with van der Waals surface area (Å²) in [6, 6.07) is 16.0. The number of hydrogen-bond acceptors (Lipinski definition) is 5. The van der Waals surface area contributed by atoms with Gasteiger partial charge in [-0.25, -0.2) is 17.8 Å². The second-order valence-electron chi connectivity index (χ2n) is 6.54. The lowest BCUT2D eigenvalue weighted by Gasteiger charge is -2.10. The molecule has 9 heteroatoms. The van der Waals surface area contributed by atoms with E-state index in [0.29, 0.717) is 21.8 Å². The largest absolute Gasteiger partial charge is 0.497 e. The Morgan fingerprint density at radius 2 is 1.97 bits per heavy atom. The van der Waals surface area contributed by atoms with Crippen LogP contribution in [-0.2, 0) is 15.8 Å². The highest BCUT2D eigenvalue weighted by atomic mass is 35.5. The van der Waals surface area contributed by atoms with Crippen LogP contribution in [-0.4, -0.2) is 20.5 Å². The SMILES string of the molecule is COc1ccc2nc(-c3ccc(NS(=O)(=O)Cc4cccc(F)c4)cc3Cl)sc2c1. The van der Waals surface area contributed by atoms with Gasteiger partial charge in [-0.1, -0.05) is 23.7 Å². The summed E-state index contributed by atoms with van der Waals surface area (Å²) >= 11 is 7.88. The number of fused-ring (bicyclic) bond motifs is 1. The van der Waals surface area contributed by atoms with Gasteiger partial charge in [0.25, 0.3) is 0 Å². The lowest BCUT2D eigenvalue weighted by atomic mass is 10.2. The van der Waals surface area contributed by atoms with Gasteiger partial charge in [-0.15, -0.1) is 11.3 Å². The Hall–Kier alpha value is -2.68. The zero-order valence-electron chi connectivity index (χ0n) is 15.7. The molecule has 1 heterocycles. The van der Waals surface area contributed by atoms with Crippen molar-refractivity contribution in [3.05, 3.63) is 77.1 Å². The number of rotatable bonds is 6. The third-order valence-electron chi connectivity index (χ3n) is 4.31. The molecule has 0 spiro atoms. The molecule has 3 aromatic carbocycles. The fourth-order valence-electron chi connectivity index (χ4n) is 2.96. The molecular weight excluding hydrogens is 447 g/mol. The molecule has 0 amide bonds. The summed E-state index contributed by atoms with van der Waals surface area (Å²) in [5, 5.41) is 1.09. The molecule has 0 aliphatic rings. The van der Waals surface area contributed by atoms with Gasteiger partial charge in [-0.3, -0.25) is 4.72 Å². The van der Waals surface area contributed by atoms with E-state index in [2.05, 4.69) is 9.71 Å². The van der Waals surface area contributed by atoms with Crippen LogP contribution in [0.25, 0.3) is 20.8 Å². The van der Waals surface area contributed by atoms with Crippen molar-refractivity contribution in [3.63, 3.8) is 0 Å². The molecule has 0 atom stereocenters. The van der Waals surface area contributed by atoms with Crippen molar-refractivity contribution in [1.29, 1.82) is 0 Å². The van der Waals surface area contributed by atoms with Gasteiger partial charge in [0, 0.05) is 5.56 Å². The highest BCUT2D eigenvalue weighted by molar-refractivity contribution is 7.91. The molecule has 0 fully saturated rings. The molecule has 0 bridgehead atoms. The number of nitrogens with one attached hydrogen (secondary N) is 1. The molecule has 0 unspecified atom stereocenters. The predicted molar refractivity (Wildman–Crippen MR) is 119 cm³/mol. The van der Waals surface area contributed by atoms with Gasteiger partial charge < -0.3 is 4.74 Å². The van der Waals surface area contributed by atoms with Gasteiger partial charge in [0.1, 0.15) is 16.6 Å². The van der Waals surface area contributed by atoms with Crippen LogP contribution >= 0.6 is 22.9 Å². The Morgan fingerprint density at radius 1 is 1.13 bits per heavy atom. The summed E-state index contributed by atoms with van der Waals surface area (Å²) in [6.45, 7) is 0. The van der Waals surface area contributed by atoms with Crippen LogP contribution in [0.15, 0.2) is 60.7 Å². The number of halogens is 2. The summed E-state index contributed by atoms with van der Waals surface area (Å²) in [7, 11) is -2.12. The number of sulfonamides is 1. The molecule has 1 aromatic heterocycles. The summed E-state index contributed by atoms with van der Waals surface area (Å²) in [6.07, 6.45) is 0. The molecule has 0 radical (unpaired) electrons. The fraction of sp³-hybridized carbons (Fsp3) is 0.0952. The minimum absolute atomic E-state index is 0.322. The molecule has 0 saturated heterocycles. The molecule has 0 aliphatic heterocycles. The first-order valence-corrected chi connectivity index (χ1v) is 11.7. The maximum Gasteiger partial charge on any atom is 0.236 e. The first-order chi connectivity index (χ1) is 14.3. The molecule has 4 rings (SSSR count). The molecule has 0 aliphatic carbocycles. The van der Waals surface area contributed by atoms with Crippen molar-refractivity contribution in [2.75, 3.05) is 11.8 Å². The minimum atomic E-state index is -3.73. The van der Waals surface area contributed by atoms with E-state index in [1.54, 1.807) is 25.3 Å². The number of aromatic nitrogens is 1. The number of nitrogens with zero attached hydrogens (tertiary/aromatic N) is 1. The maximum absolute atomic E-state index is 13.3. The summed E-state index contributed by atoms with van der Waals surface area (Å²) in [5.74, 6) is -0.0838. The van der Waals surface area contributed by atoms with E-state index in [4.69, 9.17) is 16.3 Å². The normalized spacial score (nSPS) is 11.6. The number of thiazole rings is 1. The summed E-state index contributed by atoms with van der Waals surface area (Å²) in [5.41, 5.74) is 2.20. The number of anilines is 1. The second kappa shape index (κ2) is 8.22. The molecular formula is C21H16ClFN2O3S2. The molecule has 1 N–H and O–H groups in total. The quantitative estimate of drug-likeness (QED) is 0.398. The topological polar surface area (TPSA) is 68.3 Å². The Labute approximate surface area is 182 Å². The molecule has 5 nitrogen and oxygen atoms in total. The van der Waals surface area contributed by atoms with E-state index in [9.17, 15) is 12.8 Å². The Kier molecular flexibility index (Phi) is 5.64. The van der Waals surface area contributed by atoms with Gasteiger partial charge in [-0.05, 0) is 54.1 Å². The fourth-order valence-corrected chi connectivity index (χ4v) is 5.50. The van der Waals surface area contributed by atoms with Crippen LogP contribution < -0.4 is 9.46 Å². The van der Waals surface area contributed by atoms with Crippen LogP contribution in [0.3, 0.4) is 0 Å². The third kappa shape index (κ3) is 4.56. The molecule has 0 saturated carbocycles.